The van der Waals surface area contributed by atoms with Crippen LogP contribution in [0.15, 0.2) is 12.2 Å². The molecule has 0 aromatic carbocycles. The van der Waals surface area contributed by atoms with E-state index in [1.807, 2.05) is 6.92 Å². The summed E-state index contributed by atoms with van der Waals surface area (Å²) in [5, 5.41) is 9.91. The Hall–Kier alpha value is -0.0500. The minimum atomic E-state index is -0.909. The normalized spacial score (nSPS) is 29.3. The molecule has 82 valence electrons. The number of alkyl halides is 1. The van der Waals surface area contributed by atoms with Gasteiger partial charge in [0.2, 0.25) is 0 Å². The molecule has 0 aromatic rings. The van der Waals surface area contributed by atoms with Gasteiger partial charge in [-0.1, -0.05) is 12.2 Å². The van der Waals surface area contributed by atoms with Gasteiger partial charge >= 0.3 is 0 Å². The average Bonchev–Trinajstić information content (AvgIpc) is 2.18. The lowest BCUT2D eigenvalue weighted by Gasteiger charge is -2.38. The van der Waals surface area contributed by atoms with Crippen LogP contribution in [0.25, 0.3) is 0 Å². The molecule has 0 spiro atoms. The van der Waals surface area contributed by atoms with Crippen molar-refractivity contribution in [3.8, 4) is 0 Å². The van der Waals surface area contributed by atoms with Crippen LogP contribution in [-0.2, 0) is 4.74 Å². The summed E-state index contributed by atoms with van der Waals surface area (Å²) in [6, 6.07) is 0. The molecule has 3 unspecified atom stereocenters. The fourth-order valence-corrected chi connectivity index (χ4v) is 2.09. The van der Waals surface area contributed by atoms with Crippen LogP contribution >= 0.6 is 11.6 Å². The Balaban J connectivity index is 2.66. The van der Waals surface area contributed by atoms with Crippen molar-refractivity contribution in [1.82, 2.24) is 0 Å². The Morgan fingerprint density at radius 2 is 2.36 bits per heavy atom. The number of halogens is 1. The van der Waals surface area contributed by atoms with E-state index in [-0.39, 0.29) is 5.92 Å². The van der Waals surface area contributed by atoms with Crippen molar-refractivity contribution in [2.45, 2.75) is 37.7 Å². The Labute approximate surface area is 90.9 Å². The molecule has 0 saturated carbocycles. The Morgan fingerprint density at radius 1 is 1.71 bits per heavy atom. The summed E-state index contributed by atoms with van der Waals surface area (Å²) in [6.07, 6.45) is 1.98. The third kappa shape index (κ3) is 2.50. The maximum atomic E-state index is 10.3. The Morgan fingerprint density at radius 3 is 2.79 bits per heavy atom. The molecule has 3 atom stereocenters. The molecular formula is C11H19ClO2. The number of hydrogen-bond donors (Lipinski definition) is 1. The van der Waals surface area contributed by atoms with Crippen LogP contribution in [0.1, 0.15) is 26.7 Å². The van der Waals surface area contributed by atoms with E-state index in [0.717, 1.165) is 25.0 Å². The molecule has 1 N–H and O–H groups in total. The summed E-state index contributed by atoms with van der Waals surface area (Å²) in [5.41, 5.74) is -0.101. The summed E-state index contributed by atoms with van der Waals surface area (Å²) in [6.45, 7) is 8.80. The van der Waals surface area contributed by atoms with E-state index in [1.165, 1.54) is 0 Å². The van der Waals surface area contributed by atoms with Crippen LogP contribution in [0, 0.1) is 5.92 Å². The standard InChI is InChI=1S/C11H19ClO2/c1-8(2)10(12)11(3,13)9-5-4-6-14-7-9/h9-10,13H,1,4-7H2,2-3H3. The van der Waals surface area contributed by atoms with Crippen molar-refractivity contribution < 1.29 is 9.84 Å². The third-order valence-electron chi connectivity index (χ3n) is 2.93. The van der Waals surface area contributed by atoms with Gasteiger partial charge in [0.25, 0.3) is 0 Å². The van der Waals surface area contributed by atoms with E-state index in [0.29, 0.717) is 6.61 Å². The predicted octanol–water partition coefficient (Wildman–Crippen LogP) is 2.35. The quantitative estimate of drug-likeness (QED) is 0.582. The molecule has 1 heterocycles. The van der Waals surface area contributed by atoms with Crippen LogP contribution < -0.4 is 0 Å². The van der Waals surface area contributed by atoms with Gasteiger partial charge in [-0.15, -0.1) is 11.6 Å². The lowest BCUT2D eigenvalue weighted by Crippen LogP contribution is -2.47. The highest BCUT2D eigenvalue weighted by atomic mass is 35.5. The maximum Gasteiger partial charge on any atom is 0.0870 e. The lowest BCUT2D eigenvalue weighted by molar-refractivity contribution is -0.0650. The molecule has 3 heteroatoms. The van der Waals surface area contributed by atoms with E-state index in [4.69, 9.17) is 16.3 Å². The van der Waals surface area contributed by atoms with Gasteiger partial charge in [-0.3, -0.25) is 0 Å². The molecule has 0 radical (unpaired) electrons. The second-order valence-electron chi connectivity index (χ2n) is 4.35. The Kier molecular flexibility index (Phi) is 3.99. The minimum Gasteiger partial charge on any atom is -0.388 e. The van der Waals surface area contributed by atoms with E-state index >= 15 is 0 Å². The monoisotopic (exact) mass is 218 g/mol. The van der Waals surface area contributed by atoms with Gasteiger partial charge in [0.15, 0.2) is 0 Å². The van der Waals surface area contributed by atoms with Crippen LogP contribution in [0.5, 0.6) is 0 Å². The highest BCUT2D eigenvalue weighted by Gasteiger charge is 2.39. The number of rotatable bonds is 3. The molecule has 1 fully saturated rings. The van der Waals surface area contributed by atoms with Gasteiger partial charge in [0.05, 0.1) is 17.6 Å². The van der Waals surface area contributed by atoms with Crippen LogP contribution in [0.4, 0.5) is 0 Å². The van der Waals surface area contributed by atoms with Crippen molar-refractivity contribution >= 4 is 11.6 Å². The minimum absolute atomic E-state index is 0.121. The SMILES string of the molecule is C=C(C)C(Cl)C(C)(O)C1CCCOC1. The van der Waals surface area contributed by atoms with Crippen molar-refractivity contribution in [3.63, 3.8) is 0 Å². The first-order valence-corrected chi connectivity index (χ1v) is 5.49. The summed E-state index contributed by atoms with van der Waals surface area (Å²) >= 11 is 6.14. The zero-order chi connectivity index (χ0) is 10.8. The Bertz CT molecular complexity index is 207. The summed E-state index contributed by atoms with van der Waals surface area (Å²) in [4.78, 5) is 0. The highest BCUT2D eigenvalue weighted by molar-refractivity contribution is 6.23. The third-order valence-corrected chi connectivity index (χ3v) is 3.75. The van der Waals surface area contributed by atoms with Gasteiger partial charge in [-0.05, 0) is 26.7 Å². The molecule has 0 bridgehead atoms. The largest absolute Gasteiger partial charge is 0.388 e. The molecule has 14 heavy (non-hydrogen) atoms. The van der Waals surface area contributed by atoms with Gasteiger partial charge in [-0.2, -0.15) is 0 Å². The first-order valence-electron chi connectivity index (χ1n) is 5.06. The molecule has 0 aliphatic carbocycles. The molecule has 0 amide bonds. The summed E-state index contributed by atoms with van der Waals surface area (Å²) < 4.78 is 5.35. The molecule has 1 aliphatic heterocycles. The van der Waals surface area contributed by atoms with Crippen molar-refractivity contribution in [3.05, 3.63) is 12.2 Å². The predicted molar refractivity (Wildman–Crippen MR) is 58.6 cm³/mol. The highest BCUT2D eigenvalue weighted by Crippen LogP contribution is 2.33. The van der Waals surface area contributed by atoms with Gasteiger partial charge < -0.3 is 9.84 Å². The zero-order valence-corrected chi connectivity index (χ0v) is 9.68. The number of hydrogen-bond acceptors (Lipinski definition) is 2. The summed E-state index contributed by atoms with van der Waals surface area (Å²) in [7, 11) is 0. The molecule has 2 nitrogen and oxygen atoms in total. The fourth-order valence-electron chi connectivity index (χ4n) is 1.91. The topological polar surface area (TPSA) is 29.5 Å². The molecule has 1 rings (SSSR count). The molecular weight excluding hydrogens is 200 g/mol. The fraction of sp³-hybridized carbons (Fsp3) is 0.818. The van der Waals surface area contributed by atoms with Crippen LogP contribution in [0.3, 0.4) is 0 Å². The van der Waals surface area contributed by atoms with E-state index < -0.39 is 11.0 Å². The van der Waals surface area contributed by atoms with E-state index in [9.17, 15) is 5.11 Å². The van der Waals surface area contributed by atoms with Crippen molar-refractivity contribution in [2.75, 3.05) is 13.2 Å². The number of aliphatic hydroxyl groups is 1. The number of ether oxygens (including phenoxy) is 1. The van der Waals surface area contributed by atoms with Crippen molar-refractivity contribution in [2.24, 2.45) is 5.92 Å². The maximum absolute atomic E-state index is 10.3. The average molecular weight is 219 g/mol. The summed E-state index contributed by atoms with van der Waals surface area (Å²) in [5.74, 6) is 0.121. The molecule has 0 aromatic heterocycles. The molecule has 1 saturated heterocycles. The second-order valence-corrected chi connectivity index (χ2v) is 4.79. The smallest absolute Gasteiger partial charge is 0.0870 e. The zero-order valence-electron chi connectivity index (χ0n) is 8.92. The van der Waals surface area contributed by atoms with E-state index in [2.05, 4.69) is 6.58 Å². The van der Waals surface area contributed by atoms with Crippen molar-refractivity contribution in [1.29, 1.82) is 0 Å². The van der Waals surface area contributed by atoms with E-state index in [1.54, 1.807) is 6.92 Å². The second kappa shape index (κ2) is 4.65. The molecule has 1 aliphatic rings. The first-order chi connectivity index (χ1) is 6.46. The van der Waals surface area contributed by atoms with Crippen LogP contribution in [-0.4, -0.2) is 29.3 Å². The van der Waals surface area contributed by atoms with Crippen LogP contribution in [0.2, 0.25) is 0 Å². The first kappa shape index (κ1) is 12.0. The lowest BCUT2D eigenvalue weighted by atomic mass is 9.80. The van der Waals surface area contributed by atoms with Gasteiger partial charge in [-0.25, -0.2) is 0 Å². The van der Waals surface area contributed by atoms with Gasteiger partial charge in [0.1, 0.15) is 0 Å². The van der Waals surface area contributed by atoms with Gasteiger partial charge in [0, 0.05) is 12.5 Å².